The molecule has 1 aliphatic rings. The zero-order valence-electron chi connectivity index (χ0n) is 10.7. The first kappa shape index (κ1) is 11.9. The lowest BCUT2D eigenvalue weighted by atomic mass is 10.1. The van der Waals surface area contributed by atoms with Crippen molar-refractivity contribution < 1.29 is 4.79 Å². The molecule has 98 valence electrons. The van der Waals surface area contributed by atoms with Crippen LogP contribution in [0.15, 0.2) is 36.5 Å². The molecule has 0 aliphatic carbocycles. The van der Waals surface area contributed by atoms with Crippen molar-refractivity contribution in [3.05, 3.63) is 36.5 Å². The van der Waals surface area contributed by atoms with Gasteiger partial charge in [-0.25, -0.2) is 4.79 Å². The summed E-state index contributed by atoms with van der Waals surface area (Å²) >= 11 is 0. The molecule has 0 N–H and O–H groups in total. The van der Waals surface area contributed by atoms with Gasteiger partial charge in [-0.3, -0.25) is 0 Å². The van der Waals surface area contributed by atoms with Gasteiger partial charge in [0.1, 0.15) is 5.69 Å². The molecule has 0 radical (unpaired) electrons. The molecule has 1 amide bonds. The Morgan fingerprint density at radius 1 is 1.05 bits per heavy atom. The topological polar surface area (TPSA) is 51.0 Å². The Morgan fingerprint density at radius 2 is 1.79 bits per heavy atom. The van der Waals surface area contributed by atoms with Crippen LogP contribution < -0.4 is 0 Å². The summed E-state index contributed by atoms with van der Waals surface area (Å²) in [4.78, 5) is 14.1. The number of rotatable bonds is 1. The monoisotopic (exact) mass is 256 g/mol. The van der Waals surface area contributed by atoms with E-state index >= 15 is 0 Å². The molecule has 1 aromatic heterocycles. The largest absolute Gasteiger partial charge is 0.346 e. The van der Waals surface area contributed by atoms with Gasteiger partial charge in [-0.1, -0.05) is 35.5 Å². The lowest BCUT2D eigenvalue weighted by molar-refractivity contribution is 0.184. The normalized spacial score (nSPS) is 15.5. The third kappa shape index (κ3) is 2.50. The van der Waals surface area contributed by atoms with Gasteiger partial charge in [-0.2, -0.15) is 4.68 Å². The van der Waals surface area contributed by atoms with Crippen molar-refractivity contribution in [2.75, 3.05) is 13.1 Å². The molecule has 0 saturated carbocycles. The van der Waals surface area contributed by atoms with Crippen LogP contribution in [-0.2, 0) is 0 Å². The minimum Gasteiger partial charge on any atom is -0.323 e. The van der Waals surface area contributed by atoms with Gasteiger partial charge in [0.2, 0.25) is 0 Å². The summed E-state index contributed by atoms with van der Waals surface area (Å²) in [6.45, 7) is 1.64. The third-order valence-corrected chi connectivity index (χ3v) is 3.39. The number of nitrogens with zero attached hydrogens (tertiary/aromatic N) is 4. The summed E-state index contributed by atoms with van der Waals surface area (Å²) in [6.07, 6.45) is 5.06. The molecule has 1 saturated heterocycles. The summed E-state index contributed by atoms with van der Waals surface area (Å²) in [6, 6.07) is 9.68. The fourth-order valence-corrected chi connectivity index (χ4v) is 2.33. The van der Waals surface area contributed by atoms with Crippen LogP contribution in [-0.4, -0.2) is 39.0 Å². The number of amides is 1. The Labute approximate surface area is 111 Å². The molecule has 1 aromatic carbocycles. The first-order chi connectivity index (χ1) is 9.34. The van der Waals surface area contributed by atoms with Crippen molar-refractivity contribution >= 4 is 6.03 Å². The van der Waals surface area contributed by atoms with Gasteiger partial charge in [0, 0.05) is 18.7 Å². The number of piperidine rings is 1. The standard InChI is InChI=1S/C14H16N4O/c19-14(17-9-5-2-6-10-17)18-11-13(15-16-18)12-7-3-1-4-8-12/h1,3-4,7-8,11H,2,5-6,9-10H2. The highest BCUT2D eigenvalue weighted by molar-refractivity contribution is 5.77. The molecule has 1 aliphatic heterocycles. The third-order valence-electron chi connectivity index (χ3n) is 3.39. The van der Waals surface area contributed by atoms with Crippen LogP contribution in [0, 0.1) is 0 Å². The van der Waals surface area contributed by atoms with Crippen LogP contribution in [0.4, 0.5) is 4.79 Å². The average molecular weight is 256 g/mol. The van der Waals surface area contributed by atoms with E-state index < -0.39 is 0 Å². The first-order valence-electron chi connectivity index (χ1n) is 6.61. The average Bonchev–Trinajstić information content (AvgIpc) is 2.98. The number of benzene rings is 1. The van der Waals surface area contributed by atoms with Crippen molar-refractivity contribution in [1.29, 1.82) is 0 Å². The second-order valence-electron chi connectivity index (χ2n) is 4.74. The summed E-state index contributed by atoms with van der Waals surface area (Å²) < 4.78 is 1.34. The highest BCUT2D eigenvalue weighted by atomic mass is 16.2. The fraction of sp³-hybridized carbons (Fsp3) is 0.357. The molecule has 1 fully saturated rings. The van der Waals surface area contributed by atoms with E-state index in [9.17, 15) is 4.79 Å². The van der Waals surface area contributed by atoms with Gasteiger partial charge in [0.15, 0.2) is 0 Å². The Morgan fingerprint density at radius 3 is 2.53 bits per heavy atom. The smallest absolute Gasteiger partial charge is 0.323 e. The van der Waals surface area contributed by atoms with Crippen LogP contribution in [0.25, 0.3) is 11.3 Å². The van der Waals surface area contributed by atoms with Crippen LogP contribution in [0.5, 0.6) is 0 Å². The molecule has 2 aromatic rings. The Balaban J connectivity index is 1.79. The molecular formula is C14H16N4O. The number of hydrogen-bond acceptors (Lipinski definition) is 3. The zero-order valence-corrected chi connectivity index (χ0v) is 10.7. The second kappa shape index (κ2) is 5.22. The van der Waals surface area contributed by atoms with Crippen LogP contribution in [0.2, 0.25) is 0 Å². The van der Waals surface area contributed by atoms with Gasteiger partial charge in [-0.15, -0.1) is 5.10 Å². The second-order valence-corrected chi connectivity index (χ2v) is 4.74. The maximum absolute atomic E-state index is 12.2. The first-order valence-corrected chi connectivity index (χ1v) is 6.61. The predicted octanol–water partition coefficient (Wildman–Crippen LogP) is 2.40. The molecular weight excluding hydrogens is 240 g/mol. The van der Waals surface area contributed by atoms with Gasteiger partial charge in [0.05, 0.1) is 6.20 Å². The number of likely N-dealkylation sites (tertiary alicyclic amines) is 1. The molecule has 0 bridgehead atoms. The quantitative estimate of drug-likeness (QED) is 0.787. The SMILES string of the molecule is O=C(N1CCCCC1)n1cc(-c2ccccc2)nn1. The molecule has 2 heterocycles. The molecule has 0 spiro atoms. The van der Waals surface area contributed by atoms with Gasteiger partial charge >= 0.3 is 6.03 Å². The number of hydrogen-bond donors (Lipinski definition) is 0. The van der Waals surface area contributed by atoms with Crippen molar-refractivity contribution in [2.45, 2.75) is 19.3 Å². The molecule has 0 unspecified atom stereocenters. The van der Waals surface area contributed by atoms with E-state index in [1.165, 1.54) is 11.1 Å². The van der Waals surface area contributed by atoms with Gasteiger partial charge in [0.25, 0.3) is 0 Å². The lowest BCUT2D eigenvalue weighted by Gasteiger charge is -2.25. The predicted molar refractivity (Wildman–Crippen MR) is 71.7 cm³/mol. The molecule has 3 rings (SSSR count). The zero-order chi connectivity index (χ0) is 13.1. The van der Waals surface area contributed by atoms with Crippen molar-refractivity contribution in [1.82, 2.24) is 19.9 Å². The molecule has 19 heavy (non-hydrogen) atoms. The van der Waals surface area contributed by atoms with Crippen molar-refractivity contribution in [3.63, 3.8) is 0 Å². The molecule has 0 atom stereocenters. The minimum atomic E-state index is -0.0746. The maximum Gasteiger partial charge on any atom is 0.346 e. The van der Waals surface area contributed by atoms with Gasteiger partial charge < -0.3 is 4.90 Å². The van der Waals surface area contributed by atoms with E-state index in [4.69, 9.17) is 0 Å². The van der Waals surface area contributed by atoms with E-state index in [1.807, 2.05) is 35.2 Å². The van der Waals surface area contributed by atoms with Crippen molar-refractivity contribution in [3.8, 4) is 11.3 Å². The van der Waals surface area contributed by atoms with E-state index in [2.05, 4.69) is 10.3 Å². The van der Waals surface area contributed by atoms with Gasteiger partial charge in [-0.05, 0) is 19.3 Å². The van der Waals surface area contributed by atoms with E-state index in [0.29, 0.717) is 0 Å². The minimum absolute atomic E-state index is 0.0746. The Hall–Kier alpha value is -2.17. The van der Waals surface area contributed by atoms with Crippen LogP contribution in [0.1, 0.15) is 19.3 Å². The summed E-state index contributed by atoms with van der Waals surface area (Å²) in [7, 11) is 0. The lowest BCUT2D eigenvalue weighted by Crippen LogP contribution is -2.38. The van der Waals surface area contributed by atoms with E-state index in [-0.39, 0.29) is 6.03 Å². The summed E-state index contributed by atoms with van der Waals surface area (Å²) in [5.41, 5.74) is 1.70. The number of carbonyl (C=O) groups excluding carboxylic acids is 1. The highest BCUT2D eigenvalue weighted by Gasteiger charge is 2.19. The Bertz CT molecular complexity index is 558. The summed E-state index contributed by atoms with van der Waals surface area (Å²) in [5.74, 6) is 0. The molecule has 5 heteroatoms. The number of aromatic nitrogens is 3. The van der Waals surface area contributed by atoms with E-state index in [1.54, 1.807) is 6.20 Å². The fourth-order valence-electron chi connectivity index (χ4n) is 2.33. The van der Waals surface area contributed by atoms with Crippen molar-refractivity contribution in [2.24, 2.45) is 0 Å². The van der Waals surface area contributed by atoms with Crippen LogP contribution in [0.3, 0.4) is 0 Å². The van der Waals surface area contributed by atoms with E-state index in [0.717, 1.165) is 37.2 Å². The van der Waals surface area contributed by atoms with Crippen LogP contribution >= 0.6 is 0 Å². The number of carbonyl (C=O) groups is 1. The summed E-state index contributed by atoms with van der Waals surface area (Å²) in [5, 5.41) is 8.01. The molecule has 5 nitrogen and oxygen atoms in total. The highest BCUT2D eigenvalue weighted by Crippen LogP contribution is 2.16. The maximum atomic E-state index is 12.2. The Kier molecular flexibility index (Phi) is 3.27.